The van der Waals surface area contributed by atoms with Gasteiger partial charge in [-0.2, -0.15) is 0 Å². The second-order valence-corrected chi connectivity index (χ2v) is 12.2. The van der Waals surface area contributed by atoms with Crippen molar-refractivity contribution in [3.05, 3.63) is 164 Å². The molecule has 2 heterocycles. The molecule has 47 heavy (non-hydrogen) atoms. The maximum Gasteiger partial charge on any atom is 0.235 e. The van der Waals surface area contributed by atoms with Gasteiger partial charge >= 0.3 is 0 Å². The summed E-state index contributed by atoms with van der Waals surface area (Å²) < 4.78 is 2.30. The summed E-state index contributed by atoms with van der Waals surface area (Å²) in [6, 6.07) is 58.3. The summed E-state index contributed by atoms with van der Waals surface area (Å²) >= 11 is 0. The Balaban J connectivity index is 1.40. The van der Waals surface area contributed by atoms with E-state index in [-0.39, 0.29) is 0 Å². The highest BCUT2D eigenvalue weighted by atomic mass is 15.2. The Morgan fingerprint density at radius 2 is 0.915 bits per heavy atom. The SMILES string of the molecule is c1ccc(-c2cc3c4c5c6c(cccc6ccc5n(-c5nc(-c6ccccc6)cc(-c6ccccc6)n5)c4c2)-c2ccccc2-3)cc1. The van der Waals surface area contributed by atoms with Crippen LogP contribution in [-0.4, -0.2) is 14.5 Å². The smallest absolute Gasteiger partial charge is 0.235 e. The van der Waals surface area contributed by atoms with E-state index in [1.807, 2.05) is 12.1 Å². The van der Waals surface area contributed by atoms with Gasteiger partial charge in [-0.3, -0.25) is 4.57 Å². The van der Waals surface area contributed by atoms with Gasteiger partial charge in [0.15, 0.2) is 0 Å². The lowest BCUT2D eigenvalue weighted by Gasteiger charge is -2.15. The second-order valence-electron chi connectivity index (χ2n) is 12.2. The Morgan fingerprint density at radius 1 is 0.340 bits per heavy atom. The van der Waals surface area contributed by atoms with Crippen LogP contribution in [0.25, 0.3) is 94.4 Å². The van der Waals surface area contributed by atoms with Crippen LogP contribution < -0.4 is 0 Å². The maximum atomic E-state index is 5.32. The normalized spacial score (nSPS) is 11.8. The molecule has 10 rings (SSSR count). The highest BCUT2D eigenvalue weighted by Gasteiger charge is 2.26. The van der Waals surface area contributed by atoms with Gasteiger partial charge in [0, 0.05) is 21.9 Å². The molecule has 0 saturated carbocycles. The standard InChI is InChI=1S/C44H27N3/c1-4-13-28(14-5-1)32-25-36-34-21-11-10-20-33(34)35-22-12-19-31-23-24-39-43(41(31)35)42(36)40(26-32)47(39)44-45-37(29-15-6-2-7-16-29)27-38(46-44)30-17-8-3-9-18-30/h1-27H. The molecule has 0 spiro atoms. The van der Waals surface area contributed by atoms with Crippen molar-refractivity contribution >= 4 is 32.6 Å². The summed E-state index contributed by atoms with van der Waals surface area (Å²) in [7, 11) is 0. The second kappa shape index (κ2) is 10.1. The first-order valence-electron chi connectivity index (χ1n) is 16.0. The van der Waals surface area contributed by atoms with Crippen molar-refractivity contribution in [3.8, 4) is 61.8 Å². The fraction of sp³-hybridized carbons (Fsp3) is 0. The number of hydrogen-bond donors (Lipinski definition) is 0. The van der Waals surface area contributed by atoms with Gasteiger partial charge in [-0.15, -0.1) is 0 Å². The van der Waals surface area contributed by atoms with Crippen LogP contribution in [0.2, 0.25) is 0 Å². The zero-order valence-electron chi connectivity index (χ0n) is 25.4. The van der Waals surface area contributed by atoms with Crippen molar-refractivity contribution in [2.24, 2.45) is 0 Å². The van der Waals surface area contributed by atoms with Crippen LogP contribution in [0.15, 0.2) is 164 Å². The topological polar surface area (TPSA) is 30.7 Å². The molecular weight excluding hydrogens is 571 g/mol. The van der Waals surface area contributed by atoms with Gasteiger partial charge in [-0.25, -0.2) is 9.97 Å². The molecule has 1 aliphatic rings. The number of benzene rings is 7. The molecule has 9 aromatic rings. The molecule has 3 heteroatoms. The van der Waals surface area contributed by atoms with E-state index in [0.717, 1.165) is 39.1 Å². The molecular formula is C44H27N3. The Kier molecular flexibility index (Phi) is 5.57. The molecule has 218 valence electrons. The number of hydrogen-bond acceptors (Lipinski definition) is 2. The highest BCUT2D eigenvalue weighted by molar-refractivity contribution is 6.30. The van der Waals surface area contributed by atoms with E-state index in [4.69, 9.17) is 9.97 Å². The first-order valence-corrected chi connectivity index (χ1v) is 16.0. The first kappa shape index (κ1) is 26.0. The molecule has 0 unspecified atom stereocenters. The Hall–Kier alpha value is -6.32. The molecule has 0 atom stereocenters. The van der Waals surface area contributed by atoms with E-state index in [1.165, 1.54) is 49.4 Å². The average Bonchev–Trinajstić information content (AvgIpc) is 3.43. The van der Waals surface area contributed by atoms with E-state index in [0.29, 0.717) is 5.95 Å². The molecule has 2 aromatic heterocycles. The maximum absolute atomic E-state index is 5.32. The lowest BCUT2D eigenvalue weighted by Crippen LogP contribution is -2.04. The van der Waals surface area contributed by atoms with Crippen LogP contribution in [-0.2, 0) is 0 Å². The molecule has 0 aliphatic heterocycles. The van der Waals surface area contributed by atoms with Crippen molar-refractivity contribution < 1.29 is 0 Å². The quantitative estimate of drug-likeness (QED) is 0.202. The first-order chi connectivity index (χ1) is 23.3. The van der Waals surface area contributed by atoms with E-state index < -0.39 is 0 Å². The average molecular weight is 598 g/mol. The summed E-state index contributed by atoms with van der Waals surface area (Å²) in [6.07, 6.45) is 0. The zero-order chi connectivity index (χ0) is 30.9. The molecule has 7 aromatic carbocycles. The molecule has 1 aliphatic carbocycles. The van der Waals surface area contributed by atoms with Crippen LogP contribution in [0, 0.1) is 0 Å². The fourth-order valence-corrected chi connectivity index (χ4v) is 7.45. The molecule has 0 saturated heterocycles. The van der Waals surface area contributed by atoms with Gasteiger partial charge in [-0.05, 0) is 68.4 Å². The Morgan fingerprint density at radius 3 is 1.57 bits per heavy atom. The monoisotopic (exact) mass is 597 g/mol. The van der Waals surface area contributed by atoms with Crippen LogP contribution in [0.3, 0.4) is 0 Å². The van der Waals surface area contributed by atoms with Crippen LogP contribution in [0.1, 0.15) is 0 Å². The fourth-order valence-electron chi connectivity index (χ4n) is 7.45. The Labute approximate surface area is 272 Å². The molecule has 0 bridgehead atoms. The summed E-state index contributed by atoms with van der Waals surface area (Å²) in [5.41, 5.74) is 13.4. The van der Waals surface area contributed by atoms with Crippen LogP contribution in [0.4, 0.5) is 0 Å². The number of fused-ring (bicyclic) bond motifs is 3. The minimum Gasteiger partial charge on any atom is -0.278 e. The Bertz CT molecular complexity index is 2600. The van der Waals surface area contributed by atoms with E-state index in [2.05, 4.69) is 156 Å². The largest absolute Gasteiger partial charge is 0.278 e. The summed E-state index contributed by atoms with van der Waals surface area (Å²) in [4.78, 5) is 10.6. The summed E-state index contributed by atoms with van der Waals surface area (Å²) in [5, 5.41) is 4.98. The summed E-state index contributed by atoms with van der Waals surface area (Å²) in [5.74, 6) is 0.659. The third-order valence-electron chi connectivity index (χ3n) is 9.54. The van der Waals surface area contributed by atoms with Gasteiger partial charge in [0.1, 0.15) is 0 Å². The highest BCUT2D eigenvalue weighted by Crippen LogP contribution is 2.50. The number of aromatic nitrogens is 3. The van der Waals surface area contributed by atoms with Crippen molar-refractivity contribution in [3.63, 3.8) is 0 Å². The molecule has 0 fully saturated rings. The predicted molar refractivity (Wildman–Crippen MR) is 195 cm³/mol. The molecule has 3 nitrogen and oxygen atoms in total. The van der Waals surface area contributed by atoms with Crippen LogP contribution in [0.5, 0.6) is 0 Å². The minimum atomic E-state index is 0.659. The van der Waals surface area contributed by atoms with E-state index in [1.54, 1.807) is 0 Å². The van der Waals surface area contributed by atoms with Crippen molar-refractivity contribution in [1.29, 1.82) is 0 Å². The zero-order valence-corrected chi connectivity index (χ0v) is 25.4. The van der Waals surface area contributed by atoms with Gasteiger partial charge in [0.05, 0.1) is 22.4 Å². The van der Waals surface area contributed by atoms with E-state index in [9.17, 15) is 0 Å². The van der Waals surface area contributed by atoms with Crippen molar-refractivity contribution in [2.45, 2.75) is 0 Å². The van der Waals surface area contributed by atoms with Gasteiger partial charge < -0.3 is 0 Å². The van der Waals surface area contributed by atoms with Crippen LogP contribution >= 0.6 is 0 Å². The summed E-state index contributed by atoms with van der Waals surface area (Å²) in [6.45, 7) is 0. The molecule has 0 N–H and O–H groups in total. The van der Waals surface area contributed by atoms with E-state index >= 15 is 0 Å². The lowest BCUT2D eigenvalue weighted by atomic mass is 9.92. The molecule has 0 radical (unpaired) electrons. The number of nitrogens with zero attached hydrogens (tertiary/aromatic N) is 3. The van der Waals surface area contributed by atoms with Crippen molar-refractivity contribution in [2.75, 3.05) is 0 Å². The molecule has 0 amide bonds. The van der Waals surface area contributed by atoms with Gasteiger partial charge in [-0.1, -0.05) is 140 Å². The number of rotatable bonds is 4. The van der Waals surface area contributed by atoms with Crippen molar-refractivity contribution in [1.82, 2.24) is 14.5 Å². The van der Waals surface area contributed by atoms with Gasteiger partial charge in [0.25, 0.3) is 0 Å². The van der Waals surface area contributed by atoms with Gasteiger partial charge in [0.2, 0.25) is 5.95 Å². The third-order valence-corrected chi connectivity index (χ3v) is 9.54. The third kappa shape index (κ3) is 3.93. The predicted octanol–water partition coefficient (Wildman–Crippen LogP) is 11.4. The minimum absolute atomic E-state index is 0.659. The lowest BCUT2D eigenvalue weighted by molar-refractivity contribution is 0.996.